The summed E-state index contributed by atoms with van der Waals surface area (Å²) in [5.74, 6) is 0.772. The highest BCUT2D eigenvalue weighted by atomic mass is 28.3. The Bertz CT molecular complexity index is 215. The molecule has 1 aromatic rings. The molecule has 0 spiro atoms. The number of aromatic nitrogens is 2. The number of nitrogens with zero attached hydrogens (tertiary/aromatic N) is 1. The zero-order valence-electron chi connectivity index (χ0n) is 7.92. The Morgan fingerprint density at radius 2 is 2.25 bits per heavy atom. The van der Waals surface area contributed by atoms with Crippen LogP contribution in [0.5, 0.6) is 5.88 Å². The van der Waals surface area contributed by atoms with E-state index in [1.165, 1.54) is 6.04 Å². The minimum absolute atomic E-state index is 0.772. The van der Waals surface area contributed by atoms with E-state index in [9.17, 15) is 0 Å². The van der Waals surface area contributed by atoms with Gasteiger partial charge in [-0.1, -0.05) is 19.6 Å². The third-order valence-corrected chi connectivity index (χ3v) is 3.29. The smallest absolute Gasteiger partial charge is 0.208 e. The Morgan fingerprint density at radius 1 is 1.50 bits per heavy atom. The Hall–Kier alpha value is -0.773. The van der Waals surface area contributed by atoms with Crippen LogP contribution < -0.4 is 4.74 Å². The van der Waals surface area contributed by atoms with E-state index in [-0.39, 0.29) is 0 Å². The highest BCUT2D eigenvalue weighted by Gasteiger charge is 2.12. The fourth-order valence-corrected chi connectivity index (χ4v) is 1.51. The first-order valence-corrected chi connectivity index (χ1v) is 7.91. The van der Waals surface area contributed by atoms with Crippen molar-refractivity contribution in [1.82, 2.24) is 10.2 Å². The van der Waals surface area contributed by atoms with E-state index in [4.69, 9.17) is 4.74 Å². The summed E-state index contributed by atoms with van der Waals surface area (Å²) in [6.07, 6.45) is 1.70. The van der Waals surface area contributed by atoms with Gasteiger partial charge in [-0.3, -0.25) is 0 Å². The van der Waals surface area contributed by atoms with E-state index >= 15 is 0 Å². The molecular weight excluding hydrogens is 168 g/mol. The maximum absolute atomic E-state index is 5.44. The van der Waals surface area contributed by atoms with Gasteiger partial charge in [0.1, 0.15) is 0 Å². The van der Waals surface area contributed by atoms with Crippen LogP contribution in [0.2, 0.25) is 25.7 Å². The Kier molecular flexibility index (Phi) is 2.92. The van der Waals surface area contributed by atoms with Crippen molar-refractivity contribution in [2.45, 2.75) is 25.7 Å². The van der Waals surface area contributed by atoms with Crippen LogP contribution in [0.4, 0.5) is 0 Å². The largest absolute Gasteiger partial charge is 0.478 e. The van der Waals surface area contributed by atoms with Gasteiger partial charge in [0.25, 0.3) is 0 Å². The standard InChI is InChI=1S/C8H16N2OSi/c1-12(2,3)7-6-11-8-4-5-9-10-8/h4-5H,6-7H2,1-3H3,(H,9,10). The third-order valence-electron chi connectivity index (χ3n) is 1.58. The number of H-pyrrole nitrogens is 1. The Labute approximate surface area is 74.1 Å². The van der Waals surface area contributed by atoms with Gasteiger partial charge in [-0.2, -0.15) is 5.10 Å². The monoisotopic (exact) mass is 184 g/mol. The fraction of sp³-hybridized carbons (Fsp3) is 0.625. The minimum Gasteiger partial charge on any atom is -0.478 e. The summed E-state index contributed by atoms with van der Waals surface area (Å²) in [5, 5.41) is 6.57. The topological polar surface area (TPSA) is 37.9 Å². The molecule has 0 fully saturated rings. The van der Waals surface area contributed by atoms with Gasteiger partial charge < -0.3 is 4.74 Å². The Balaban J connectivity index is 2.20. The summed E-state index contributed by atoms with van der Waals surface area (Å²) in [6, 6.07) is 3.02. The van der Waals surface area contributed by atoms with Crippen LogP contribution in [0.1, 0.15) is 0 Å². The molecule has 1 heterocycles. The summed E-state index contributed by atoms with van der Waals surface area (Å²) in [6.45, 7) is 7.81. The molecule has 1 aromatic heterocycles. The minimum atomic E-state index is -0.950. The zero-order valence-corrected chi connectivity index (χ0v) is 8.92. The molecule has 0 unspecified atom stereocenters. The molecule has 0 aliphatic rings. The summed E-state index contributed by atoms with van der Waals surface area (Å²) in [7, 11) is -0.950. The van der Waals surface area contributed by atoms with E-state index in [2.05, 4.69) is 29.8 Å². The first-order valence-electron chi connectivity index (χ1n) is 4.20. The van der Waals surface area contributed by atoms with E-state index < -0.39 is 8.07 Å². The number of hydrogen-bond donors (Lipinski definition) is 1. The SMILES string of the molecule is C[Si](C)(C)CCOc1ccn[nH]1. The third kappa shape index (κ3) is 3.57. The van der Waals surface area contributed by atoms with Crippen molar-refractivity contribution in [1.29, 1.82) is 0 Å². The van der Waals surface area contributed by atoms with Gasteiger partial charge in [-0.05, 0) is 6.04 Å². The number of rotatable bonds is 4. The predicted molar refractivity (Wildman–Crippen MR) is 52.2 cm³/mol. The van der Waals surface area contributed by atoms with Gasteiger partial charge in [-0.15, -0.1) is 0 Å². The molecular formula is C8H16N2OSi. The van der Waals surface area contributed by atoms with Crippen LogP contribution in [0.3, 0.4) is 0 Å². The van der Waals surface area contributed by atoms with Crippen LogP contribution in [-0.4, -0.2) is 24.9 Å². The number of ether oxygens (including phenoxy) is 1. The van der Waals surface area contributed by atoms with Crippen LogP contribution >= 0.6 is 0 Å². The van der Waals surface area contributed by atoms with Crippen LogP contribution in [0, 0.1) is 0 Å². The van der Waals surface area contributed by atoms with E-state index in [1.54, 1.807) is 6.20 Å². The quantitative estimate of drug-likeness (QED) is 0.728. The van der Waals surface area contributed by atoms with E-state index in [0.717, 1.165) is 12.5 Å². The molecule has 4 heteroatoms. The highest BCUT2D eigenvalue weighted by Crippen LogP contribution is 2.09. The lowest BCUT2D eigenvalue weighted by atomic mass is 10.7. The van der Waals surface area contributed by atoms with E-state index in [0.29, 0.717) is 0 Å². The van der Waals surface area contributed by atoms with Gasteiger partial charge in [-0.25, -0.2) is 5.10 Å². The maximum atomic E-state index is 5.44. The lowest BCUT2D eigenvalue weighted by Crippen LogP contribution is -2.22. The van der Waals surface area contributed by atoms with Crippen molar-refractivity contribution in [3.8, 4) is 5.88 Å². The normalized spacial score (nSPS) is 11.6. The van der Waals surface area contributed by atoms with Gasteiger partial charge >= 0.3 is 0 Å². The molecule has 0 amide bonds. The summed E-state index contributed by atoms with van der Waals surface area (Å²) >= 11 is 0. The second-order valence-electron chi connectivity index (χ2n) is 4.08. The number of hydrogen-bond acceptors (Lipinski definition) is 2. The second-order valence-corrected chi connectivity index (χ2v) is 9.70. The molecule has 0 atom stereocenters. The van der Waals surface area contributed by atoms with Crippen molar-refractivity contribution >= 4 is 8.07 Å². The zero-order chi connectivity index (χ0) is 9.03. The molecule has 0 aliphatic carbocycles. The average Bonchev–Trinajstić information content (AvgIpc) is 2.36. The molecule has 0 aliphatic heterocycles. The lowest BCUT2D eigenvalue weighted by molar-refractivity contribution is 0.324. The fourth-order valence-electron chi connectivity index (χ4n) is 0.791. The molecule has 0 radical (unpaired) electrons. The molecule has 12 heavy (non-hydrogen) atoms. The van der Waals surface area contributed by atoms with Crippen molar-refractivity contribution in [3.63, 3.8) is 0 Å². The molecule has 1 rings (SSSR count). The van der Waals surface area contributed by atoms with Crippen LogP contribution in [0.25, 0.3) is 0 Å². The maximum Gasteiger partial charge on any atom is 0.208 e. The van der Waals surface area contributed by atoms with E-state index in [1.807, 2.05) is 6.07 Å². The molecule has 0 bridgehead atoms. The number of nitrogens with one attached hydrogen (secondary N) is 1. The second kappa shape index (κ2) is 3.76. The molecule has 3 nitrogen and oxygen atoms in total. The van der Waals surface area contributed by atoms with Crippen molar-refractivity contribution in [3.05, 3.63) is 12.3 Å². The van der Waals surface area contributed by atoms with Gasteiger partial charge in [0.05, 0.1) is 12.8 Å². The highest BCUT2D eigenvalue weighted by molar-refractivity contribution is 6.76. The van der Waals surface area contributed by atoms with Gasteiger partial charge in [0.15, 0.2) is 0 Å². The predicted octanol–water partition coefficient (Wildman–Crippen LogP) is 2.13. The summed E-state index contributed by atoms with van der Waals surface area (Å²) in [5.41, 5.74) is 0. The molecule has 0 saturated heterocycles. The Morgan fingerprint density at radius 3 is 2.75 bits per heavy atom. The van der Waals surface area contributed by atoms with Crippen LogP contribution in [-0.2, 0) is 0 Å². The van der Waals surface area contributed by atoms with Gasteiger partial charge in [0.2, 0.25) is 5.88 Å². The van der Waals surface area contributed by atoms with Crippen molar-refractivity contribution in [2.75, 3.05) is 6.61 Å². The summed E-state index contributed by atoms with van der Waals surface area (Å²) < 4.78 is 5.44. The van der Waals surface area contributed by atoms with Crippen LogP contribution in [0.15, 0.2) is 12.3 Å². The molecule has 0 saturated carbocycles. The average molecular weight is 184 g/mol. The lowest BCUT2D eigenvalue weighted by Gasteiger charge is -2.14. The van der Waals surface area contributed by atoms with Crippen molar-refractivity contribution in [2.24, 2.45) is 0 Å². The first kappa shape index (κ1) is 9.32. The number of aromatic amines is 1. The molecule has 0 aromatic carbocycles. The van der Waals surface area contributed by atoms with Crippen molar-refractivity contribution < 1.29 is 4.74 Å². The first-order chi connectivity index (χ1) is 5.58. The summed E-state index contributed by atoms with van der Waals surface area (Å²) in [4.78, 5) is 0. The van der Waals surface area contributed by atoms with Gasteiger partial charge in [0, 0.05) is 14.1 Å². The molecule has 1 N–H and O–H groups in total. The molecule has 68 valence electrons.